The van der Waals surface area contributed by atoms with Crippen molar-refractivity contribution in [2.24, 2.45) is 11.8 Å². The van der Waals surface area contributed by atoms with Gasteiger partial charge in [-0.3, -0.25) is 0 Å². The van der Waals surface area contributed by atoms with Crippen LogP contribution in [0.5, 0.6) is 0 Å². The zero-order chi connectivity index (χ0) is 33.8. The van der Waals surface area contributed by atoms with Crippen molar-refractivity contribution < 1.29 is 0 Å². The Bertz CT molecular complexity index is 2400. The molecule has 2 unspecified atom stereocenters. The molecule has 50 heavy (non-hydrogen) atoms. The summed E-state index contributed by atoms with van der Waals surface area (Å²) in [7, 11) is 0. The van der Waals surface area contributed by atoms with E-state index in [1.54, 1.807) is 0 Å². The van der Waals surface area contributed by atoms with Gasteiger partial charge in [0, 0.05) is 28.2 Å². The molecule has 0 fully saturated rings. The Kier molecular flexibility index (Phi) is 7.17. The highest BCUT2D eigenvalue weighted by molar-refractivity contribution is 6.03. The van der Waals surface area contributed by atoms with Gasteiger partial charge >= 0.3 is 0 Å². The third-order valence-electron chi connectivity index (χ3n) is 10.9. The van der Waals surface area contributed by atoms with Crippen LogP contribution in [0.4, 0.5) is 0 Å². The maximum absolute atomic E-state index is 5.12. The van der Waals surface area contributed by atoms with Gasteiger partial charge in [-0.2, -0.15) is 0 Å². The number of aromatic nitrogens is 3. The van der Waals surface area contributed by atoms with Gasteiger partial charge in [0.05, 0.1) is 0 Å². The Morgan fingerprint density at radius 2 is 1.02 bits per heavy atom. The average molecular weight is 644 g/mol. The minimum absolute atomic E-state index is 0.0703. The molecule has 1 aromatic heterocycles. The molecule has 9 rings (SSSR count). The lowest BCUT2D eigenvalue weighted by molar-refractivity contribution is 0.354. The van der Waals surface area contributed by atoms with Crippen molar-refractivity contribution in [3.05, 3.63) is 174 Å². The van der Waals surface area contributed by atoms with Crippen LogP contribution in [0.25, 0.3) is 67.2 Å². The van der Waals surface area contributed by atoms with E-state index in [-0.39, 0.29) is 5.41 Å². The smallest absolute Gasteiger partial charge is 0.164 e. The first-order chi connectivity index (χ1) is 24.5. The van der Waals surface area contributed by atoms with Crippen LogP contribution < -0.4 is 0 Å². The highest BCUT2D eigenvalue weighted by atomic mass is 15.0. The van der Waals surface area contributed by atoms with E-state index in [1.807, 2.05) is 36.4 Å². The van der Waals surface area contributed by atoms with Gasteiger partial charge in [0.2, 0.25) is 0 Å². The first-order valence-electron chi connectivity index (χ1n) is 17.5. The molecule has 2 aliphatic rings. The van der Waals surface area contributed by atoms with Crippen LogP contribution in [0.15, 0.2) is 158 Å². The average Bonchev–Trinajstić information content (AvgIpc) is 3.41. The zero-order valence-corrected chi connectivity index (χ0v) is 28.5. The molecule has 240 valence electrons. The molecule has 0 aliphatic heterocycles. The number of fused-ring (bicyclic) bond motifs is 4. The van der Waals surface area contributed by atoms with Crippen LogP contribution in [-0.4, -0.2) is 15.0 Å². The van der Waals surface area contributed by atoms with Crippen molar-refractivity contribution in [3.63, 3.8) is 0 Å². The van der Waals surface area contributed by atoms with Gasteiger partial charge in [0.1, 0.15) is 0 Å². The largest absolute Gasteiger partial charge is 0.208 e. The van der Waals surface area contributed by atoms with Crippen LogP contribution in [0, 0.1) is 11.8 Å². The Morgan fingerprint density at radius 1 is 0.460 bits per heavy atom. The van der Waals surface area contributed by atoms with E-state index in [0.29, 0.717) is 29.3 Å². The summed E-state index contributed by atoms with van der Waals surface area (Å²) in [4.78, 5) is 15.2. The predicted octanol–water partition coefficient (Wildman–Crippen LogP) is 11.7. The number of hydrogen-bond donors (Lipinski definition) is 0. The van der Waals surface area contributed by atoms with E-state index in [9.17, 15) is 0 Å². The minimum Gasteiger partial charge on any atom is -0.208 e. The zero-order valence-electron chi connectivity index (χ0n) is 28.5. The lowest BCUT2D eigenvalue weighted by Gasteiger charge is -2.37. The third-order valence-corrected chi connectivity index (χ3v) is 10.9. The molecule has 0 N–H and O–H groups in total. The molecule has 2 atom stereocenters. The van der Waals surface area contributed by atoms with E-state index in [1.165, 1.54) is 38.6 Å². The maximum Gasteiger partial charge on any atom is 0.164 e. The fraction of sp³-hybridized carbons (Fsp3) is 0.128. The van der Waals surface area contributed by atoms with Crippen molar-refractivity contribution in [2.75, 3.05) is 0 Å². The Balaban J connectivity index is 1.17. The van der Waals surface area contributed by atoms with E-state index < -0.39 is 0 Å². The molecule has 1 heterocycles. The van der Waals surface area contributed by atoms with Gasteiger partial charge in [-0.05, 0) is 61.6 Å². The first kappa shape index (κ1) is 30.2. The van der Waals surface area contributed by atoms with Crippen LogP contribution in [0.3, 0.4) is 0 Å². The summed E-state index contributed by atoms with van der Waals surface area (Å²) < 4.78 is 0. The van der Waals surface area contributed by atoms with Crippen molar-refractivity contribution >= 4 is 21.9 Å². The lowest BCUT2D eigenvalue weighted by atomic mass is 9.66. The monoisotopic (exact) mass is 643 g/mol. The highest BCUT2D eigenvalue weighted by Gasteiger charge is 2.47. The Hall–Kier alpha value is -5.93. The number of benzene rings is 6. The van der Waals surface area contributed by atoms with Gasteiger partial charge in [0.25, 0.3) is 0 Å². The lowest BCUT2D eigenvalue weighted by Crippen LogP contribution is -2.30. The van der Waals surface area contributed by atoms with Crippen LogP contribution in [-0.2, 0) is 5.41 Å². The molecule has 7 aromatic rings. The molecule has 0 spiro atoms. The first-order valence-corrected chi connectivity index (χ1v) is 17.5. The van der Waals surface area contributed by atoms with Crippen molar-refractivity contribution in [2.45, 2.75) is 26.2 Å². The Labute approximate surface area is 293 Å². The fourth-order valence-corrected chi connectivity index (χ4v) is 8.51. The third kappa shape index (κ3) is 4.92. The van der Waals surface area contributed by atoms with Crippen molar-refractivity contribution in [3.8, 4) is 45.3 Å². The number of rotatable bonds is 5. The predicted molar refractivity (Wildman–Crippen MR) is 207 cm³/mol. The van der Waals surface area contributed by atoms with E-state index in [0.717, 1.165) is 27.8 Å². The van der Waals surface area contributed by atoms with Crippen LogP contribution >= 0.6 is 0 Å². The molecule has 0 saturated carbocycles. The maximum atomic E-state index is 5.12. The van der Waals surface area contributed by atoms with Crippen LogP contribution in [0.2, 0.25) is 0 Å². The van der Waals surface area contributed by atoms with Gasteiger partial charge in [0.15, 0.2) is 17.5 Å². The topological polar surface area (TPSA) is 38.7 Å². The summed E-state index contributed by atoms with van der Waals surface area (Å²) in [5, 5.41) is 2.35. The second-order valence-electron chi connectivity index (χ2n) is 14.1. The second-order valence-corrected chi connectivity index (χ2v) is 14.1. The summed E-state index contributed by atoms with van der Waals surface area (Å²) in [5.74, 6) is 2.80. The van der Waals surface area contributed by atoms with Gasteiger partial charge in [-0.1, -0.05) is 172 Å². The van der Waals surface area contributed by atoms with E-state index >= 15 is 0 Å². The van der Waals surface area contributed by atoms with E-state index in [2.05, 4.69) is 142 Å². The molecule has 2 aliphatic carbocycles. The summed E-state index contributed by atoms with van der Waals surface area (Å²) in [6.07, 6.45) is 4.73. The Morgan fingerprint density at radius 3 is 1.72 bits per heavy atom. The summed E-state index contributed by atoms with van der Waals surface area (Å²) in [5.41, 5.74) is 12.2. The molecule has 0 radical (unpaired) electrons. The minimum atomic E-state index is 0.0703. The SMILES string of the molecule is CC1C(c2ccc(-c3c(-c4nc(-c5ccccc5)nc(-c5ccccc5)n4)ccc4ccccc34)cc2)=CC=C2c3ccccc3C(C)(C)C21. The summed E-state index contributed by atoms with van der Waals surface area (Å²) >= 11 is 0. The standard InChI is InChI=1S/C47H37N3/c1-30-36(28-29-39-38-20-12-13-21-41(38)47(2,3)43(30)39)32-22-24-33(25-23-32)42-37-19-11-10-14-31(37)26-27-40(42)46-49-44(34-15-6-4-7-16-34)48-45(50-46)35-17-8-5-9-18-35/h4-30,43H,1-3H3. The fourth-order valence-electron chi connectivity index (χ4n) is 8.51. The number of hydrogen-bond acceptors (Lipinski definition) is 3. The molecule has 3 heteroatoms. The molecule has 6 aromatic carbocycles. The molecule has 0 bridgehead atoms. The van der Waals surface area contributed by atoms with Crippen molar-refractivity contribution in [1.29, 1.82) is 0 Å². The van der Waals surface area contributed by atoms with Crippen molar-refractivity contribution in [1.82, 2.24) is 15.0 Å². The summed E-state index contributed by atoms with van der Waals surface area (Å²) in [6.45, 7) is 7.23. The van der Waals surface area contributed by atoms with Gasteiger partial charge in [-0.25, -0.2) is 15.0 Å². The molecular weight excluding hydrogens is 607 g/mol. The number of nitrogens with zero attached hydrogens (tertiary/aromatic N) is 3. The molecule has 0 amide bonds. The molecule has 0 saturated heterocycles. The highest BCUT2D eigenvalue weighted by Crippen LogP contribution is 2.57. The van der Waals surface area contributed by atoms with Gasteiger partial charge in [-0.15, -0.1) is 0 Å². The normalized spacial score (nSPS) is 17.5. The van der Waals surface area contributed by atoms with E-state index in [4.69, 9.17) is 15.0 Å². The van der Waals surface area contributed by atoms with Crippen LogP contribution in [0.1, 0.15) is 37.5 Å². The number of allylic oxidation sites excluding steroid dienone is 4. The molecular formula is C47H37N3. The summed E-state index contributed by atoms with van der Waals surface area (Å²) in [6, 6.07) is 51.4. The second kappa shape index (κ2) is 11.9. The quantitative estimate of drug-likeness (QED) is 0.187. The van der Waals surface area contributed by atoms with Gasteiger partial charge < -0.3 is 0 Å². The molecule has 3 nitrogen and oxygen atoms in total.